The van der Waals surface area contributed by atoms with Crippen molar-refractivity contribution in [2.45, 2.75) is 12.5 Å². The molecule has 0 spiro atoms. The monoisotopic (exact) mass is 470 g/mol. The van der Waals surface area contributed by atoms with Crippen LogP contribution < -0.4 is 19.7 Å². The van der Waals surface area contributed by atoms with Crippen LogP contribution in [0, 0.1) is 11.3 Å². The summed E-state index contributed by atoms with van der Waals surface area (Å²) in [7, 11) is 0. The Hall–Kier alpha value is -4.16. The van der Waals surface area contributed by atoms with Gasteiger partial charge in [-0.2, -0.15) is 5.26 Å². The molecule has 3 heterocycles. The van der Waals surface area contributed by atoms with E-state index in [1.54, 1.807) is 6.08 Å². The third-order valence-corrected chi connectivity index (χ3v) is 6.18. The van der Waals surface area contributed by atoms with E-state index in [-0.39, 0.29) is 13.3 Å². The van der Waals surface area contributed by atoms with Crippen LogP contribution in [0.1, 0.15) is 17.2 Å². The van der Waals surface area contributed by atoms with E-state index in [0.717, 1.165) is 42.2 Å². The van der Waals surface area contributed by atoms with Crippen molar-refractivity contribution in [3.8, 4) is 17.6 Å². The van der Waals surface area contributed by atoms with Gasteiger partial charge in [0.25, 0.3) is 0 Å². The highest BCUT2D eigenvalue weighted by atomic mass is 16.7. The number of carbonyl (C=O) groups excluding carboxylic acids is 1. The molecule has 1 amide bonds. The zero-order valence-corrected chi connectivity index (χ0v) is 19.3. The number of nitriles is 1. The molecule has 35 heavy (non-hydrogen) atoms. The average molecular weight is 471 g/mol. The van der Waals surface area contributed by atoms with Gasteiger partial charge in [-0.3, -0.25) is 9.69 Å². The summed E-state index contributed by atoms with van der Waals surface area (Å²) in [6.07, 6.45) is 1.58. The smallest absolute Gasteiger partial charge is 0.243 e. The Balaban J connectivity index is 1.36. The van der Waals surface area contributed by atoms with Gasteiger partial charge in [-0.15, -0.1) is 6.58 Å². The van der Waals surface area contributed by atoms with Crippen LogP contribution in [0.4, 0.5) is 5.82 Å². The zero-order valence-electron chi connectivity index (χ0n) is 19.3. The maximum Gasteiger partial charge on any atom is 0.243 e. The van der Waals surface area contributed by atoms with Crippen LogP contribution in [-0.2, 0) is 11.3 Å². The summed E-state index contributed by atoms with van der Waals surface area (Å²) in [6, 6.07) is 15.7. The lowest BCUT2D eigenvalue weighted by molar-refractivity contribution is -0.121. The molecule has 0 radical (unpaired) electrons. The molecule has 0 aliphatic carbocycles. The molecule has 2 aliphatic rings. The van der Waals surface area contributed by atoms with E-state index in [4.69, 9.17) is 19.4 Å². The highest BCUT2D eigenvalue weighted by molar-refractivity contribution is 5.89. The first-order valence-electron chi connectivity index (χ1n) is 11.6. The van der Waals surface area contributed by atoms with Crippen molar-refractivity contribution in [3.05, 3.63) is 66.4 Å². The minimum absolute atomic E-state index is 0.266. The average Bonchev–Trinajstić information content (AvgIpc) is 3.36. The Morgan fingerprint density at radius 1 is 1.11 bits per heavy atom. The third kappa shape index (κ3) is 4.74. The third-order valence-electron chi connectivity index (χ3n) is 6.18. The molecule has 1 N–H and O–H groups in total. The molecule has 0 bridgehead atoms. The van der Waals surface area contributed by atoms with Crippen LogP contribution in [-0.4, -0.2) is 60.3 Å². The summed E-state index contributed by atoms with van der Waals surface area (Å²) in [5.74, 6) is 0.694. The van der Waals surface area contributed by atoms with E-state index in [1.165, 1.54) is 0 Å². The minimum Gasteiger partial charge on any atom is -0.454 e. The normalized spacial score (nSPS) is 16.0. The molecule has 1 atom stereocenters. The van der Waals surface area contributed by atoms with E-state index in [0.29, 0.717) is 30.1 Å². The SMILES string of the molecule is C=CCNC(=O)[C@@H](C#N)c1nc2ccccc2nc1N1CCN(Cc2ccc3c(c2)OCO3)CC1. The van der Waals surface area contributed by atoms with Crippen molar-refractivity contribution in [1.29, 1.82) is 5.26 Å². The largest absolute Gasteiger partial charge is 0.454 e. The van der Waals surface area contributed by atoms with Crippen molar-refractivity contribution in [3.63, 3.8) is 0 Å². The lowest BCUT2D eigenvalue weighted by Gasteiger charge is -2.36. The highest BCUT2D eigenvalue weighted by Crippen LogP contribution is 2.33. The van der Waals surface area contributed by atoms with Crippen molar-refractivity contribution in [2.24, 2.45) is 0 Å². The second-order valence-electron chi connectivity index (χ2n) is 8.47. The summed E-state index contributed by atoms with van der Waals surface area (Å²) in [6.45, 7) is 8.00. The van der Waals surface area contributed by atoms with Gasteiger partial charge in [-0.05, 0) is 29.8 Å². The van der Waals surface area contributed by atoms with Gasteiger partial charge in [0.1, 0.15) is 5.69 Å². The molecule has 178 valence electrons. The van der Waals surface area contributed by atoms with Crippen LogP contribution in [0.25, 0.3) is 11.0 Å². The Bertz CT molecular complexity index is 1300. The molecule has 2 aliphatic heterocycles. The van der Waals surface area contributed by atoms with Crippen LogP contribution in [0.15, 0.2) is 55.1 Å². The number of hydrogen-bond donors (Lipinski definition) is 1. The zero-order chi connectivity index (χ0) is 24.2. The molecular formula is C26H26N6O3. The van der Waals surface area contributed by atoms with Crippen LogP contribution in [0.2, 0.25) is 0 Å². The Morgan fingerprint density at radius 2 is 1.86 bits per heavy atom. The second-order valence-corrected chi connectivity index (χ2v) is 8.47. The minimum atomic E-state index is -1.06. The van der Waals surface area contributed by atoms with E-state index >= 15 is 0 Å². The molecular weight excluding hydrogens is 444 g/mol. The summed E-state index contributed by atoms with van der Waals surface area (Å²) in [5, 5.41) is 12.6. The second kappa shape index (κ2) is 9.99. The first kappa shape index (κ1) is 22.6. The summed E-state index contributed by atoms with van der Waals surface area (Å²) < 4.78 is 10.9. The van der Waals surface area contributed by atoms with E-state index in [9.17, 15) is 10.1 Å². The van der Waals surface area contributed by atoms with Gasteiger partial charge in [-0.25, -0.2) is 9.97 Å². The number of anilines is 1. The van der Waals surface area contributed by atoms with Gasteiger partial charge in [0, 0.05) is 39.3 Å². The first-order chi connectivity index (χ1) is 17.2. The number of ether oxygens (including phenoxy) is 2. The van der Waals surface area contributed by atoms with Crippen molar-refractivity contribution >= 4 is 22.8 Å². The van der Waals surface area contributed by atoms with E-state index < -0.39 is 11.8 Å². The molecule has 5 rings (SSSR count). The standard InChI is InChI=1S/C26H26N6O3/c1-2-9-28-26(33)19(15-27)24-25(30-21-6-4-3-5-20(21)29-24)32-12-10-31(11-13-32)16-18-7-8-22-23(14-18)35-17-34-22/h2-8,14,19H,1,9-13,16-17H2,(H,28,33)/t19-/m0/s1. The maximum atomic E-state index is 12.7. The quantitative estimate of drug-likeness (QED) is 0.526. The number of carbonyl (C=O) groups is 1. The van der Waals surface area contributed by atoms with Gasteiger partial charge < -0.3 is 19.7 Å². The number of benzene rings is 2. The molecule has 1 aromatic heterocycles. The van der Waals surface area contributed by atoms with Gasteiger partial charge >= 0.3 is 0 Å². The summed E-state index contributed by atoms with van der Waals surface area (Å²) in [4.78, 5) is 26.8. The van der Waals surface area contributed by atoms with Crippen molar-refractivity contribution in [1.82, 2.24) is 20.2 Å². The number of nitrogens with one attached hydrogen (secondary N) is 1. The number of hydrogen-bond acceptors (Lipinski definition) is 8. The fourth-order valence-electron chi connectivity index (χ4n) is 4.36. The number of amides is 1. The van der Waals surface area contributed by atoms with Gasteiger partial charge in [0.05, 0.1) is 17.1 Å². The first-order valence-corrected chi connectivity index (χ1v) is 11.6. The molecule has 2 aromatic carbocycles. The molecule has 9 nitrogen and oxygen atoms in total. The van der Waals surface area contributed by atoms with Gasteiger partial charge in [0.2, 0.25) is 12.7 Å². The van der Waals surface area contributed by atoms with Gasteiger partial charge in [0.15, 0.2) is 23.2 Å². The number of rotatable bonds is 7. The molecule has 1 fully saturated rings. The number of fused-ring (bicyclic) bond motifs is 2. The van der Waals surface area contributed by atoms with Crippen LogP contribution >= 0.6 is 0 Å². The number of aromatic nitrogens is 2. The predicted molar refractivity (Wildman–Crippen MR) is 131 cm³/mol. The Kier molecular flexibility index (Phi) is 6.46. The fourth-order valence-corrected chi connectivity index (χ4v) is 4.36. The van der Waals surface area contributed by atoms with Crippen molar-refractivity contribution in [2.75, 3.05) is 44.4 Å². The summed E-state index contributed by atoms with van der Waals surface area (Å²) >= 11 is 0. The Labute approximate surface area is 203 Å². The maximum absolute atomic E-state index is 12.7. The topological polar surface area (TPSA) is 104 Å². The van der Waals surface area contributed by atoms with Crippen LogP contribution in [0.5, 0.6) is 11.5 Å². The number of para-hydroxylation sites is 2. The molecule has 0 saturated carbocycles. The number of nitrogens with zero attached hydrogens (tertiary/aromatic N) is 5. The van der Waals surface area contributed by atoms with E-state index in [2.05, 4.69) is 33.8 Å². The van der Waals surface area contributed by atoms with Crippen LogP contribution in [0.3, 0.4) is 0 Å². The molecule has 9 heteroatoms. The number of piperazine rings is 1. The molecule has 3 aromatic rings. The molecule has 0 unspecified atom stereocenters. The van der Waals surface area contributed by atoms with E-state index in [1.807, 2.05) is 36.4 Å². The lowest BCUT2D eigenvalue weighted by atomic mass is 10.0. The molecule has 1 saturated heterocycles. The highest BCUT2D eigenvalue weighted by Gasteiger charge is 2.30. The Morgan fingerprint density at radius 3 is 2.60 bits per heavy atom. The van der Waals surface area contributed by atoms with Gasteiger partial charge in [-0.1, -0.05) is 24.3 Å². The fraction of sp³-hybridized carbons (Fsp3) is 0.308. The summed E-state index contributed by atoms with van der Waals surface area (Å²) in [5.41, 5.74) is 2.94. The predicted octanol–water partition coefficient (Wildman–Crippen LogP) is 2.59. The van der Waals surface area contributed by atoms with Crippen molar-refractivity contribution < 1.29 is 14.3 Å². The lowest BCUT2D eigenvalue weighted by Crippen LogP contribution is -2.47.